The van der Waals surface area contributed by atoms with Gasteiger partial charge in [0.1, 0.15) is 6.61 Å². The zero-order chi connectivity index (χ0) is 16.5. The lowest BCUT2D eigenvalue weighted by Crippen LogP contribution is -2.22. The molecule has 0 spiro atoms. The molecule has 0 unspecified atom stereocenters. The Morgan fingerprint density at radius 3 is 2.74 bits per heavy atom. The largest absolute Gasteiger partial charge is 0.483 e. The van der Waals surface area contributed by atoms with Crippen LogP contribution in [0.15, 0.2) is 36.5 Å². The van der Waals surface area contributed by atoms with Gasteiger partial charge in [-0.2, -0.15) is 4.98 Å². The molecule has 124 valence electrons. The minimum atomic E-state index is 0.123. The number of benzene rings is 1. The molecule has 2 rings (SSSR count). The number of hydrogen-bond acceptors (Lipinski definition) is 6. The summed E-state index contributed by atoms with van der Waals surface area (Å²) in [5.74, 6) is 1.32. The van der Waals surface area contributed by atoms with E-state index >= 15 is 0 Å². The monoisotopic (exact) mass is 316 g/mol. The highest BCUT2D eigenvalue weighted by Crippen LogP contribution is 2.24. The van der Waals surface area contributed by atoms with Crippen molar-refractivity contribution in [2.45, 2.75) is 38.8 Å². The lowest BCUT2D eigenvalue weighted by atomic mass is 10.1. The maximum atomic E-state index is 9.19. The van der Waals surface area contributed by atoms with Crippen LogP contribution in [-0.2, 0) is 6.61 Å². The molecule has 0 bridgehead atoms. The summed E-state index contributed by atoms with van der Waals surface area (Å²) in [6, 6.07) is 10.0. The van der Waals surface area contributed by atoms with Crippen LogP contribution in [0.5, 0.6) is 5.75 Å². The van der Waals surface area contributed by atoms with Crippen molar-refractivity contribution in [2.24, 2.45) is 0 Å². The van der Waals surface area contributed by atoms with E-state index in [0.717, 1.165) is 18.4 Å². The van der Waals surface area contributed by atoms with E-state index in [2.05, 4.69) is 22.2 Å². The fraction of sp³-hybridized carbons (Fsp3) is 0.412. The van der Waals surface area contributed by atoms with Crippen LogP contribution in [-0.4, -0.2) is 27.7 Å². The van der Waals surface area contributed by atoms with Gasteiger partial charge in [0.2, 0.25) is 5.95 Å². The van der Waals surface area contributed by atoms with E-state index in [9.17, 15) is 5.11 Å². The van der Waals surface area contributed by atoms with E-state index in [0.29, 0.717) is 24.6 Å². The van der Waals surface area contributed by atoms with Crippen molar-refractivity contribution in [1.82, 2.24) is 9.97 Å². The standard InChI is InChI=1S/C17H24N4O2/c1-2-6-14(9-10-22)20-16-15(11-19-17(18)21-16)23-12-13-7-4-3-5-8-13/h3-5,7-8,11,14,22H,2,6,9-10,12H2,1H3,(H3,18,19,20,21)/t14-/m1/s1. The summed E-state index contributed by atoms with van der Waals surface area (Å²) < 4.78 is 5.83. The first-order valence-electron chi connectivity index (χ1n) is 7.89. The highest BCUT2D eigenvalue weighted by Gasteiger charge is 2.13. The van der Waals surface area contributed by atoms with Crippen LogP contribution in [0, 0.1) is 0 Å². The molecule has 1 aromatic heterocycles. The van der Waals surface area contributed by atoms with Crippen LogP contribution in [0.3, 0.4) is 0 Å². The third-order valence-electron chi connectivity index (χ3n) is 3.47. The van der Waals surface area contributed by atoms with Gasteiger partial charge in [0.15, 0.2) is 11.6 Å². The maximum Gasteiger partial charge on any atom is 0.222 e. The number of hydrogen-bond donors (Lipinski definition) is 3. The molecule has 1 aromatic carbocycles. The molecule has 0 aliphatic carbocycles. The SMILES string of the molecule is CCC[C@H](CCO)Nc1nc(N)ncc1OCc1ccccc1. The number of aliphatic hydroxyl groups excluding tert-OH is 1. The smallest absolute Gasteiger partial charge is 0.222 e. The maximum absolute atomic E-state index is 9.19. The number of rotatable bonds is 9. The molecule has 0 radical (unpaired) electrons. The molecule has 4 N–H and O–H groups in total. The number of nitrogens with two attached hydrogens (primary N) is 1. The fourth-order valence-electron chi connectivity index (χ4n) is 2.32. The van der Waals surface area contributed by atoms with Crippen molar-refractivity contribution < 1.29 is 9.84 Å². The lowest BCUT2D eigenvalue weighted by molar-refractivity contribution is 0.275. The molecule has 6 nitrogen and oxygen atoms in total. The van der Waals surface area contributed by atoms with Crippen molar-refractivity contribution in [3.63, 3.8) is 0 Å². The minimum Gasteiger partial charge on any atom is -0.483 e. The van der Waals surface area contributed by atoms with Crippen LogP contribution in [0.25, 0.3) is 0 Å². The van der Waals surface area contributed by atoms with E-state index in [-0.39, 0.29) is 18.6 Å². The Bertz CT molecular complexity index is 586. The van der Waals surface area contributed by atoms with Gasteiger partial charge in [0.05, 0.1) is 6.20 Å². The van der Waals surface area contributed by atoms with E-state index in [1.54, 1.807) is 6.20 Å². The molecule has 0 amide bonds. The van der Waals surface area contributed by atoms with Crippen molar-refractivity contribution >= 4 is 11.8 Å². The van der Waals surface area contributed by atoms with Gasteiger partial charge in [-0.25, -0.2) is 4.98 Å². The molecule has 1 atom stereocenters. The number of nitrogens with one attached hydrogen (secondary N) is 1. The normalized spacial score (nSPS) is 11.9. The van der Waals surface area contributed by atoms with Crippen LogP contribution in [0.1, 0.15) is 31.7 Å². The Labute approximate surface area is 136 Å². The summed E-state index contributed by atoms with van der Waals surface area (Å²) in [4.78, 5) is 8.24. The summed E-state index contributed by atoms with van der Waals surface area (Å²) in [7, 11) is 0. The van der Waals surface area contributed by atoms with Crippen molar-refractivity contribution in [3.8, 4) is 5.75 Å². The highest BCUT2D eigenvalue weighted by molar-refractivity contribution is 5.51. The van der Waals surface area contributed by atoms with Gasteiger partial charge in [-0.05, 0) is 18.4 Å². The molecule has 0 saturated heterocycles. The molecular formula is C17H24N4O2. The molecule has 0 saturated carbocycles. The summed E-state index contributed by atoms with van der Waals surface area (Å²) in [5.41, 5.74) is 6.76. The average molecular weight is 316 g/mol. The number of nitrogens with zero attached hydrogens (tertiary/aromatic N) is 2. The molecule has 2 aromatic rings. The lowest BCUT2D eigenvalue weighted by Gasteiger charge is -2.19. The predicted molar refractivity (Wildman–Crippen MR) is 91.2 cm³/mol. The third kappa shape index (κ3) is 5.41. The van der Waals surface area contributed by atoms with Crippen molar-refractivity contribution in [3.05, 3.63) is 42.1 Å². The summed E-state index contributed by atoms with van der Waals surface area (Å²) in [5, 5.41) is 12.5. The molecule has 0 aliphatic heterocycles. The summed E-state index contributed by atoms with van der Waals surface area (Å²) in [6.45, 7) is 2.66. The van der Waals surface area contributed by atoms with Crippen LogP contribution >= 0.6 is 0 Å². The highest BCUT2D eigenvalue weighted by atomic mass is 16.5. The second-order valence-corrected chi connectivity index (χ2v) is 5.36. The number of aliphatic hydroxyl groups is 1. The van der Waals surface area contributed by atoms with Gasteiger partial charge in [-0.1, -0.05) is 43.7 Å². The first kappa shape index (κ1) is 17.0. The second-order valence-electron chi connectivity index (χ2n) is 5.36. The molecule has 0 aliphatic rings. The van der Waals surface area contributed by atoms with Gasteiger partial charge >= 0.3 is 0 Å². The molecule has 6 heteroatoms. The first-order valence-corrected chi connectivity index (χ1v) is 7.89. The van der Waals surface area contributed by atoms with E-state index < -0.39 is 0 Å². The van der Waals surface area contributed by atoms with Crippen molar-refractivity contribution in [1.29, 1.82) is 0 Å². The Balaban J connectivity index is 2.09. The second kappa shape index (κ2) is 8.95. The molecule has 0 fully saturated rings. The summed E-state index contributed by atoms with van der Waals surface area (Å²) >= 11 is 0. The van der Waals surface area contributed by atoms with Crippen LogP contribution < -0.4 is 15.8 Å². The topological polar surface area (TPSA) is 93.3 Å². The van der Waals surface area contributed by atoms with Crippen LogP contribution in [0.2, 0.25) is 0 Å². The molecule has 23 heavy (non-hydrogen) atoms. The van der Waals surface area contributed by atoms with Gasteiger partial charge in [0.25, 0.3) is 0 Å². The Morgan fingerprint density at radius 2 is 2.04 bits per heavy atom. The van der Waals surface area contributed by atoms with Gasteiger partial charge < -0.3 is 20.9 Å². The number of nitrogen functional groups attached to an aromatic ring is 1. The summed E-state index contributed by atoms with van der Waals surface area (Å²) in [6.07, 6.45) is 4.17. The minimum absolute atomic E-state index is 0.123. The van der Waals surface area contributed by atoms with E-state index in [1.165, 1.54) is 0 Å². The molecular weight excluding hydrogens is 292 g/mol. The van der Waals surface area contributed by atoms with E-state index in [4.69, 9.17) is 10.5 Å². The fourth-order valence-corrected chi connectivity index (χ4v) is 2.32. The van der Waals surface area contributed by atoms with Gasteiger partial charge in [-0.3, -0.25) is 0 Å². The number of aromatic nitrogens is 2. The predicted octanol–water partition coefficient (Wildman–Crippen LogP) is 2.60. The first-order chi connectivity index (χ1) is 11.2. The number of anilines is 2. The Kier molecular flexibility index (Phi) is 6.62. The van der Waals surface area contributed by atoms with Crippen molar-refractivity contribution in [2.75, 3.05) is 17.7 Å². The number of ether oxygens (including phenoxy) is 1. The Morgan fingerprint density at radius 1 is 1.26 bits per heavy atom. The van der Waals surface area contributed by atoms with Gasteiger partial charge in [0, 0.05) is 12.6 Å². The Hall–Kier alpha value is -2.34. The zero-order valence-corrected chi connectivity index (χ0v) is 13.4. The zero-order valence-electron chi connectivity index (χ0n) is 13.4. The average Bonchev–Trinajstić information content (AvgIpc) is 2.55. The van der Waals surface area contributed by atoms with E-state index in [1.807, 2.05) is 30.3 Å². The van der Waals surface area contributed by atoms with Gasteiger partial charge in [-0.15, -0.1) is 0 Å². The quantitative estimate of drug-likeness (QED) is 0.658. The third-order valence-corrected chi connectivity index (χ3v) is 3.47. The van der Waals surface area contributed by atoms with Crippen LogP contribution in [0.4, 0.5) is 11.8 Å². The molecule has 1 heterocycles.